The maximum Gasteiger partial charge on any atom is 0.416 e. The summed E-state index contributed by atoms with van der Waals surface area (Å²) in [6.07, 6.45) is -2.13. The fourth-order valence-corrected chi connectivity index (χ4v) is 2.81. The summed E-state index contributed by atoms with van der Waals surface area (Å²) in [6, 6.07) is 5.63. The lowest BCUT2D eigenvalue weighted by Crippen LogP contribution is -2.31. The number of nitrogens with zero attached hydrogens (tertiary/aromatic N) is 1. The Kier molecular flexibility index (Phi) is 4.84. The highest BCUT2D eigenvalue weighted by Gasteiger charge is 2.35. The average molecular weight is 407 g/mol. The summed E-state index contributed by atoms with van der Waals surface area (Å²) in [4.78, 5) is 3.81. The Hall–Kier alpha value is -1.19. The van der Waals surface area contributed by atoms with Crippen LogP contribution in [0.2, 0.25) is 0 Å². The van der Waals surface area contributed by atoms with Gasteiger partial charge in [-0.15, -0.1) is 0 Å². The number of nitrogens with one attached hydrogen (secondary N) is 1. The SMILES string of the molecule is Cc1cccc(C(NN)c2cnccc2C(F)(F)F)c1I. The van der Waals surface area contributed by atoms with E-state index in [0.717, 1.165) is 21.4 Å². The fraction of sp³-hybridized carbons (Fsp3) is 0.214. The van der Waals surface area contributed by atoms with Gasteiger partial charge >= 0.3 is 6.18 Å². The number of aryl methyl sites for hydroxylation is 1. The molecular weight excluding hydrogens is 394 g/mol. The lowest BCUT2D eigenvalue weighted by Gasteiger charge is -2.22. The first-order valence-corrected chi connectivity index (χ1v) is 7.16. The fourth-order valence-electron chi connectivity index (χ4n) is 2.14. The molecule has 0 bridgehead atoms. The minimum atomic E-state index is -4.46. The molecule has 1 unspecified atom stereocenters. The van der Waals surface area contributed by atoms with E-state index in [1.165, 1.54) is 6.20 Å². The van der Waals surface area contributed by atoms with Gasteiger partial charge in [0.2, 0.25) is 0 Å². The van der Waals surface area contributed by atoms with Crippen LogP contribution in [0.3, 0.4) is 0 Å². The third-order valence-electron chi connectivity index (χ3n) is 3.17. The normalized spacial score (nSPS) is 13.2. The van der Waals surface area contributed by atoms with Gasteiger partial charge in [0, 0.05) is 21.5 Å². The van der Waals surface area contributed by atoms with E-state index in [1.54, 1.807) is 12.1 Å². The summed E-state index contributed by atoms with van der Waals surface area (Å²) in [5, 5.41) is 0. The first kappa shape index (κ1) is 16.2. The van der Waals surface area contributed by atoms with Crippen LogP contribution in [-0.2, 0) is 6.18 Å². The van der Waals surface area contributed by atoms with Crippen molar-refractivity contribution in [2.45, 2.75) is 19.1 Å². The van der Waals surface area contributed by atoms with Crippen LogP contribution in [0.25, 0.3) is 0 Å². The minimum Gasteiger partial charge on any atom is -0.271 e. The number of nitrogens with two attached hydrogens (primary N) is 1. The summed E-state index contributed by atoms with van der Waals surface area (Å²) in [5.74, 6) is 5.52. The zero-order chi connectivity index (χ0) is 15.6. The van der Waals surface area contributed by atoms with E-state index in [-0.39, 0.29) is 5.56 Å². The molecule has 0 radical (unpaired) electrons. The second-order valence-corrected chi connectivity index (χ2v) is 5.62. The lowest BCUT2D eigenvalue weighted by atomic mass is 9.95. The smallest absolute Gasteiger partial charge is 0.271 e. The summed E-state index contributed by atoms with van der Waals surface area (Å²) < 4.78 is 40.3. The molecule has 1 aromatic heterocycles. The van der Waals surface area contributed by atoms with Crippen LogP contribution in [0, 0.1) is 10.5 Å². The molecule has 0 spiro atoms. The Morgan fingerprint density at radius 2 is 1.95 bits per heavy atom. The molecule has 0 fully saturated rings. The highest BCUT2D eigenvalue weighted by atomic mass is 127. The number of hydrogen-bond acceptors (Lipinski definition) is 3. The first-order chi connectivity index (χ1) is 9.86. The van der Waals surface area contributed by atoms with E-state index in [9.17, 15) is 13.2 Å². The van der Waals surface area contributed by atoms with Crippen molar-refractivity contribution in [1.29, 1.82) is 0 Å². The monoisotopic (exact) mass is 407 g/mol. The van der Waals surface area contributed by atoms with Crippen molar-refractivity contribution in [2.75, 3.05) is 0 Å². The van der Waals surface area contributed by atoms with Crippen molar-refractivity contribution in [2.24, 2.45) is 5.84 Å². The topological polar surface area (TPSA) is 50.9 Å². The molecule has 0 saturated carbocycles. The molecule has 2 aromatic rings. The van der Waals surface area contributed by atoms with Gasteiger partial charge in [-0.05, 0) is 46.7 Å². The molecule has 21 heavy (non-hydrogen) atoms. The number of alkyl halides is 3. The van der Waals surface area contributed by atoms with Crippen LogP contribution in [-0.4, -0.2) is 4.98 Å². The Labute approximate surface area is 133 Å². The molecule has 0 saturated heterocycles. The zero-order valence-electron chi connectivity index (χ0n) is 11.1. The summed E-state index contributed by atoms with van der Waals surface area (Å²) >= 11 is 2.11. The predicted octanol–water partition coefficient (Wildman–Crippen LogP) is 3.57. The van der Waals surface area contributed by atoms with Crippen LogP contribution in [0.5, 0.6) is 0 Å². The average Bonchev–Trinajstić information content (AvgIpc) is 2.44. The third kappa shape index (κ3) is 3.35. The standard InChI is InChI=1S/C14H13F3IN3/c1-8-3-2-4-9(12(8)18)13(21-19)10-7-20-6-5-11(10)14(15,16)17/h2-7,13,21H,19H2,1H3. The number of aromatic nitrogens is 1. The maximum absolute atomic E-state index is 13.1. The summed E-state index contributed by atoms with van der Waals surface area (Å²) in [6.45, 7) is 1.90. The number of halogens is 4. The van der Waals surface area contributed by atoms with Crippen LogP contribution in [0.4, 0.5) is 13.2 Å². The third-order valence-corrected chi connectivity index (χ3v) is 4.64. The van der Waals surface area contributed by atoms with Crippen molar-refractivity contribution in [1.82, 2.24) is 10.4 Å². The molecule has 0 aliphatic rings. The van der Waals surface area contributed by atoms with E-state index < -0.39 is 17.8 Å². The molecule has 112 valence electrons. The lowest BCUT2D eigenvalue weighted by molar-refractivity contribution is -0.138. The van der Waals surface area contributed by atoms with Gasteiger partial charge in [0.1, 0.15) is 0 Å². The molecule has 7 heteroatoms. The van der Waals surface area contributed by atoms with Gasteiger partial charge < -0.3 is 0 Å². The van der Waals surface area contributed by atoms with E-state index in [2.05, 4.69) is 33.0 Å². The zero-order valence-corrected chi connectivity index (χ0v) is 13.2. The van der Waals surface area contributed by atoms with Gasteiger partial charge in [0.25, 0.3) is 0 Å². The van der Waals surface area contributed by atoms with Gasteiger partial charge in [0.05, 0.1) is 11.6 Å². The van der Waals surface area contributed by atoms with Crippen molar-refractivity contribution < 1.29 is 13.2 Å². The Balaban J connectivity index is 2.60. The molecule has 1 aromatic carbocycles. The summed E-state index contributed by atoms with van der Waals surface area (Å²) in [5.41, 5.74) is 3.41. The molecule has 3 N–H and O–H groups in total. The molecule has 0 amide bonds. The van der Waals surface area contributed by atoms with Gasteiger partial charge in [-0.1, -0.05) is 18.2 Å². The van der Waals surface area contributed by atoms with Crippen molar-refractivity contribution in [3.63, 3.8) is 0 Å². The molecule has 0 aliphatic carbocycles. The van der Waals surface area contributed by atoms with Crippen molar-refractivity contribution in [3.05, 3.63) is 62.5 Å². The minimum absolute atomic E-state index is 0.0102. The summed E-state index contributed by atoms with van der Waals surface area (Å²) in [7, 11) is 0. The van der Waals surface area contributed by atoms with Gasteiger partial charge in [-0.3, -0.25) is 10.8 Å². The Bertz CT molecular complexity index is 644. The van der Waals surface area contributed by atoms with Crippen LogP contribution in [0.15, 0.2) is 36.7 Å². The molecule has 1 atom stereocenters. The van der Waals surface area contributed by atoms with Crippen molar-refractivity contribution >= 4 is 22.6 Å². The maximum atomic E-state index is 13.1. The number of rotatable bonds is 3. The second kappa shape index (κ2) is 6.29. The van der Waals surface area contributed by atoms with Gasteiger partial charge in [0.15, 0.2) is 0 Å². The van der Waals surface area contributed by atoms with Gasteiger partial charge in [-0.2, -0.15) is 13.2 Å². The molecule has 3 nitrogen and oxygen atoms in total. The largest absolute Gasteiger partial charge is 0.416 e. The Morgan fingerprint density at radius 1 is 1.24 bits per heavy atom. The highest BCUT2D eigenvalue weighted by molar-refractivity contribution is 14.1. The quantitative estimate of drug-likeness (QED) is 0.465. The van der Waals surface area contributed by atoms with Crippen molar-refractivity contribution in [3.8, 4) is 0 Å². The molecule has 2 rings (SSSR count). The van der Waals surface area contributed by atoms with Crippen LogP contribution in [0.1, 0.15) is 28.3 Å². The first-order valence-electron chi connectivity index (χ1n) is 6.08. The number of benzene rings is 1. The highest BCUT2D eigenvalue weighted by Crippen LogP contribution is 2.37. The second-order valence-electron chi connectivity index (χ2n) is 4.54. The number of hydrogen-bond donors (Lipinski definition) is 2. The van der Waals surface area contributed by atoms with E-state index in [4.69, 9.17) is 5.84 Å². The number of hydrazine groups is 1. The predicted molar refractivity (Wildman–Crippen MR) is 82.3 cm³/mol. The molecular formula is C14H13F3IN3. The van der Waals surface area contributed by atoms with Gasteiger partial charge in [-0.25, -0.2) is 5.43 Å². The Morgan fingerprint density at radius 3 is 2.57 bits per heavy atom. The van der Waals surface area contributed by atoms with E-state index in [0.29, 0.717) is 5.56 Å². The van der Waals surface area contributed by atoms with E-state index >= 15 is 0 Å². The molecule has 1 heterocycles. The van der Waals surface area contributed by atoms with Crippen LogP contribution < -0.4 is 11.3 Å². The van der Waals surface area contributed by atoms with Crippen LogP contribution >= 0.6 is 22.6 Å². The molecule has 0 aliphatic heterocycles. The van der Waals surface area contributed by atoms with E-state index in [1.807, 2.05) is 13.0 Å². The number of pyridine rings is 1.